The highest BCUT2D eigenvalue weighted by Crippen LogP contribution is 2.20. The highest BCUT2D eigenvalue weighted by molar-refractivity contribution is 9.10. The second kappa shape index (κ2) is 5.29. The zero-order chi connectivity index (χ0) is 12.4. The highest BCUT2D eigenvalue weighted by Gasteiger charge is 2.20. The lowest BCUT2D eigenvalue weighted by Crippen LogP contribution is -2.18. The van der Waals surface area contributed by atoms with Crippen molar-refractivity contribution < 1.29 is 0 Å². The van der Waals surface area contributed by atoms with Crippen molar-refractivity contribution in [1.82, 2.24) is 9.88 Å². The van der Waals surface area contributed by atoms with Gasteiger partial charge in [0.2, 0.25) is 0 Å². The SMILES string of the molecule is Brc1ccccc1Cn1cccc1CNC1CC1. The number of hydrogen-bond donors (Lipinski definition) is 1. The summed E-state index contributed by atoms with van der Waals surface area (Å²) in [6, 6.07) is 13.5. The van der Waals surface area contributed by atoms with E-state index in [-0.39, 0.29) is 0 Å². The molecule has 0 amide bonds. The van der Waals surface area contributed by atoms with Crippen LogP contribution in [0.3, 0.4) is 0 Å². The molecule has 94 valence electrons. The molecule has 1 saturated carbocycles. The Labute approximate surface area is 116 Å². The molecular weight excluding hydrogens is 288 g/mol. The van der Waals surface area contributed by atoms with E-state index in [0.717, 1.165) is 19.1 Å². The van der Waals surface area contributed by atoms with E-state index in [1.54, 1.807) is 0 Å². The molecule has 1 heterocycles. The Hall–Kier alpha value is -1.06. The molecule has 0 unspecified atom stereocenters. The van der Waals surface area contributed by atoms with Crippen LogP contribution >= 0.6 is 15.9 Å². The molecular formula is C15H17BrN2. The molecule has 1 aliphatic rings. The van der Waals surface area contributed by atoms with E-state index in [0.29, 0.717) is 0 Å². The van der Waals surface area contributed by atoms with Crippen molar-refractivity contribution in [3.8, 4) is 0 Å². The van der Waals surface area contributed by atoms with Gasteiger partial charge in [0.25, 0.3) is 0 Å². The van der Waals surface area contributed by atoms with Crippen LogP contribution in [0.2, 0.25) is 0 Å². The average molecular weight is 305 g/mol. The van der Waals surface area contributed by atoms with Gasteiger partial charge in [0.1, 0.15) is 0 Å². The summed E-state index contributed by atoms with van der Waals surface area (Å²) in [5.74, 6) is 0. The Morgan fingerprint density at radius 3 is 2.78 bits per heavy atom. The zero-order valence-corrected chi connectivity index (χ0v) is 11.9. The first-order valence-electron chi connectivity index (χ1n) is 6.44. The minimum Gasteiger partial charge on any atom is -0.346 e. The Kier molecular flexibility index (Phi) is 3.52. The number of aromatic nitrogens is 1. The highest BCUT2D eigenvalue weighted by atomic mass is 79.9. The third-order valence-electron chi connectivity index (χ3n) is 3.37. The Balaban J connectivity index is 1.71. The van der Waals surface area contributed by atoms with Crippen LogP contribution in [-0.2, 0) is 13.1 Å². The third kappa shape index (κ3) is 2.85. The van der Waals surface area contributed by atoms with Gasteiger partial charge in [-0.3, -0.25) is 0 Å². The van der Waals surface area contributed by atoms with E-state index >= 15 is 0 Å². The molecule has 0 spiro atoms. The Morgan fingerprint density at radius 1 is 1.17 bits per heavy atom. The van der Waals surface area contributed by atoms with Crippen molar-refractivity contribution in [1.29, 1.82) is 0 Å². The third-order valence-corrected chi connectivity index (χ3v) is 4.14. The predicted molar refractivity (Wildman–Crippen MR) is 77.5 cm³/mol. The van der Waals surface area contributed by atoms with Crippen molar-refractivity contribution in [2.75, 3.05) is 0 Å². The van der Waals surface area contributed by atoms with Gasteiger partial charge in [0.15, 0.2) is 0 Å². The summed E-state index contributed by atoms with van der Waals surface area (Å²) in [5.41, 5.74) is 2.68. The number of nitrogens with one attached hydrogen (secondary N) is 1. The number of hydrogen-bond acceptors (Lipinski definition) is 1. The number of nitrogens with zero attached hydrogens (tertiary/aromatic N) is 1. The first-order chi connectivity index (χ1) is 8.83. The molecule has 1 N–H and O–H groups in total. The van der Waals surface area contributed by atoms with E-state index in [2.05, 4.69) is 68.4 Å². The molecule has 1 aromatic heterocycles. The minimum absolute atomic E-state index is 0.761. The van der Waals surface area contributed by atoms with E-state index in [1.165, 1.54) is 28.6 Å². The molecule has 18 heavy (non-hydrogen) atoms. The van der Waals surface area contributed by atoms with Crippen LogP contribution in [0.1, 0.15) is 24.1 Å². The number of rotatable bonds is 5. The molecule has 0 bridgehead atoms. The summed E-state index contributed by atoms with van der Waals surface area (Å²) in [6.45, 7) is 1.90. The van der Waals surface area contributed by atoms with Gasteiger partial charge >= 0.3 is 0 Å². The predicted octanol–water partition coefficient (Wildman–Crippen LogP) is 3.55. The average Bonchev–Trinajstić information content (AvgIpc) is 3.10. The van der Waals surface area contributed by atoms with Crippen molar-refractivity contribution in [3.63, 3.8) is 0 Å². The first kappa shape index (κ1) is 12.0. The Morgan fingerprint density at radius 2 is 2.00 bits per heavy atom. The van der Waals surface area contributed by atoms with Gasteiger partial charge < -0.3 is 9.88 Å². The van der Waals surface area contributed by atoms with Gasteiger partial charge in [-0.2, -0.15) is 0 Å². The minimum atomic E-state index is 0.761. The molecule has 1 aliphatic carbocycles. The molecule has 2 nitrogen and oxygen atoms in total. The van der Waals surface area contributed by atoms with Gasteiger partial charge in [0.05, 0.1) is 0 Å². The quantitative estimate of drug-likeness (QED) is 0.894. The maximum absolute atomic E-state index is 3.61. The fraction of sp³-hybridized carbons (Fsp3) is 0.333. The number of halogens is 1. The lowest BCUT2D eigenvalue weighted by atomic mass is 10.2. The fourth-order valence-electron chi connectivity index (χ4n) is 2.11. The van der Waals surface area contributed by atoms with E-state index in [9.17, 15) is 0 Å². The second-order valence-electron chi connectivity index (χ2n) is 4.87. The monoisotopic (exact) mass is 304 g/mol. The topological polar surface area (TPSA) is 17.0 Å². The summed E-state index contributed by atoms with van der Waals surface area (Å²) in [6.07, 6.45) is 4.83. The van der Waals surface area contributed by atoms with Gasteiger partial charge in [-0.15, -0.1) is 0 Å². The molecule has 1 fully saturated rings. The van der Waals surface area contributed by atoms with Crippen molar-refractivity contribution in [2.45, 2.75) is 32.0 Å². The molecule has 0 radical (unpaired) electrons. The first-order valence-corrected chi connectivity index (χ1v) is 7.23. The van der Waals surface area contributed by atoms with Crippen LogP contribution in [0.25, 0.3) is 0 Å². The summed E-state index contributed by atoms with van der Waals surface area (Å²) < 4.78 is 3.50. The molecule has 2 aromatic rings. The van der Waals surface area contributed by atoms with Crippen LogP contribution in [0.15, 0.2) is 47.1 Å². The smallest absolute Gasteiger partial charge is 0.0484 e. The van der Waals surface area contributed by atoms with Crippen molar-refractivity contribution in [3.05, 3.63) is 58.3 Å². The van der Waals surface area contributed by atoms with Gasteiger partial charge in [-0.05, 0) is 36.6 Å². The maximum Gasteiger partial charge on any atom is 0.0484 e. The van der Waals surface area contributed by atoms with Crippen LogP contribution < -0.4 is 5.32 Å². The maximum atomic E-state index is 3.61. The largest absolute Gasteiger partial charge is 0.346 e. The molecule has 0 aliphatic heterocycles. The lowest BCUT2D eigenvalue weighted by molar-refractivity contribution is 0.634. The molecule has 0 saturated heterocycles. The van der Waals surface area contributed by atoms with Crippen LogP contribution in [0.5, 0.6) is 0 Å². The summed E-state index contributed by atoms with van der Waals surface area (Å²) in [5, 5.41) is 3.57. The fourth-order valence-corrected chi connectivity index (χ4v) is 2.52. The van der Waals surface area contributed by atoms with E-state index in [4.69, 9.17) is 0 Å². The summed E-state index contributed by atoms with van der Waals surface area (Å²) >= 11 is 3.61. The van der Waals surface area contributed by atoms with Crippen molar-refractivity contribution >= 4 is 15.9 Å². The second-order valence-corrected chi connectivity index (χ2v) is 5.73. The molecule has 1 aromatic carbocycles. The van der Waals surface area contributed by atoms with Crippen molar-refractivity contribution in [2.24, 2.45) is 0 Å². The van der Waals surface area contributed by atoms with Crippen LogP contribution in [0, 0.1) is 0 Å². The normalized spacial score (nSPS) is 14.9. The lowest BCUT2D eigenvalue weighted by Gasteiger charge is -2.11. The summed E-state index contributed by atoms with van der Waals surface area (Å²) in [7, 11) is 0. The molecule has 3 heteroatoms. The van der Waals surface area contributed by atoms with Gasteiger partial charge in [-0.25, -0.2) is 0 Å². The standard InChI is InChI=1S/C15H17BrN2/c16-15-6-2-1-4-12(15)11-18-9-3-5-14(18)10-17-13-7-8-13/h1-6,9,13,17H,7-8,10-11H2. The molecule has 0 atom stereocenters. The van der Waals surface area contributed by atoms with Crippen LogP contribution in [-0.4, -0.2) is 10.6 Å². The molecule has 3 rings (SSSR count). The zero-order valence-electron chi connectivity index (χ0n) is 10.3. The van der Waals surface area contributed by atoms with Gasteiger partial charge in [-0.1, -0.05) is 34.1 Å². The summed E-state index contributed by atoms with van der Waals surface area (Å²) in [4.78, 5) is 0. The number of benzene rings is 1. The van der Waals surface area contributed by atoms with Gasteiger partial charge in [0, 0.05) is 35.5 Å². The van der Waals surface area contributed by atoms with E-state index in [1.807, 2.05) is 0 Å². The Bertz CT molecular complexity index is 529. The van der Waals surface area contributed by atoms with E-state index < -0.39 is 0 Å². The van der Waals surface area contributed by atoms with Crippen LogP contribution in [0.4, 0.5) is 0 Å².